The summed E-state index contributed by atoms with van der Waals surface area (Å²) in [5.41, 5.74) is 0. The van der Waals surface area contributed by atoms with Gasteiger partial charge in [0, 0.05) is 58.2 Å². The molecule has 0 spiro atoms. The third-order valence-corrected chi connectivity index (χ3v) is 4.37. The van der Waals surface area contributed by atoms with Crippen LogP contribution in [0, 0.1) is 0 Å². The van der Waals surface area contributed by atoms with Crippen molar-refractivity contribution in [2.45, 2.75) is 32.7 Å². The van der Waals surface area contributed by atoms with Gasteiger partial charge in [0.05, 0.1) is 0 Å². The van der Waals surface area contributed by atoms with Gasteiger partial charge in [-0.3, -0.25) is 9.89 Å². The van der Waals surface area contributed by atoms with Crippen molar-refractivity contribution in [3.63, 3.8) is 0 Å². The summed E-state index contributed by atoms with van der Waals surface area (Å²) >= 11 is 0. The van der Waals surface area contributed by atoms with Gasteiger partial charge in [-0.1, -0.05) is 6.92 Å². The van der Waals surface area contributed by atoms with Gasteiger partial charge in [0.1, 0.15) is 0 Å². The van der Waals surface area contributed by atoms with Crippen molar-refractivity contribution >= 4 is 11.9 Å². The number of rotatable bonds is 7. The van der Waals surface area contributed by atoms with Gasteiger partial charge in [-0.15, -0.1) is 0 Å². The third kappa shape index (κ3) is 5.96. The lowest BCUT2D eigenvalue weighted by Crippen LogP contribution is -2.48. The number of anilines is 1. The van der Waals surface area contributed by atoms with Gasteiger partial charge in [0.15, 0.2) is 5.96 Å². The van der Waals surface area contributed by atoms with E-state index >= 15 is 0 Å². The molecule has 7 nitrogen and oxygen atoms in total. The Bertz CT molecular complexity index is 483. The Labute approximate surface area is 145 Å². The molecule has 1 aromatic heterocycles. The summed E-state index contributed by atoms with van der Waals surface area (Å²) in [5.74, 6) is 1.74. The zero-order valence-corrected chi connectivity index (χ0v) is 15.2. The first-order valence-electron chi connectivity index (χ1n) is 8.94. The number of hydrogen-bond acceptors (Lipinski definition) is 5. The van der Waals surface area contributed by atoms with Crippen LogP contribution in [0.1, 0.15) is 26.7 Å². The Kier molecular flexibility index (Phi) is 7.74. The monoisotopic (exact) mass is 333 g/mol. The van der Waals surface area contributed by atoms with E-state index in [0.717, 1.165) is 64.0 Å². The maximum absolute atomic E-state index is 4.33. The molecule has 1 aliphatic heterocycles. The molecule has 1 aromatic rings. The zero-order chi connectivity index (χ0) is 17.2. The fourth-order valence-electron chi connectivity index (χ4n) is 2.67. The molecule has 134 valence electrons. The van der Waals surface area contributed by atoms with Crippen LogP contribution in [0.4, 0.5) is 5.95 Å². The van der Waals surface area contributed by atoms with Gasteiger partial charge in [-0.2, -0.15) is 0 Å². The Hall–Kier alpha value is -1.89. The van der Waals surface area contributed by atoms with Crippen molar-refractivity contribution in [2.24, 2.45) is 4.99 Å². The number of piperazine rings is 1. The van der Waals surface area contributed by atoms with Gasteiger partial charge in [0.25, 0.3) is 0 Å². The van der Waals surface area contributed by atoms with Gasteiger partial charge < -0.3 is 15.5 Å². The van der Waals surface area contributed by atoms with E-state index in [4.69, 9.17) is 0 Å². The second kappa shape index (κ2) is 10.1. The largest absolute Gasteiger partial charge is 0.356 e. The maximum Gasteiger partial charge on any atom is 0.225 e. The molecule has 2 N–H and O–H groups in total. The van der Waals surface area contributed by atoms with Crippen LogP contribution in [-0.4, -0.2) is 73.2 Å². The van der Waals surface area contributed by atoms with Crippen LogP contribution in [0.25, 0.3) is 0 Å². The van der Waals surface area contributed by atoms with E-state index in [0.29, 0.717) is 6.04 Å². The highest BCUT2D eigenvalue weighted by molar-refractivity contribution is 5.79. The normalized spacial score (nSPS) is 17.6. The fraction of sp³-hybridized carbons (Fsp3) is 0.706. The molecule has 2 heterocycles. The molecule has 1 fully saturated rings. The minimum atomic E-state index is 0.449. The van der Waals surface area contributed by atoms with Gasteiger partial charge in [-0.05, 0) is 32.4 Å². The highest BCUT2D eigenvalue weighted by Crippen LogP contribution is 2.09. The lowest BCUT2D eigenvalue weighted by atomic mass is 10.3. The van der Waals surface area contributed by atoms with E-state index in [9.17, 15) is 0 Å². The fourth-order valence-corrected chi connectivity index (χ4v) is 2.67. The Morgan fingerprint density at radius 2 is 1.96 bits per heavy atom. The quantitative estimate of drug-likeness (QED) is 0.440. The first kappa shape index (κ1) is 18.4. The molecule has 24 heavy (non-hydrogen) atoms. The number of nitrogens with zero attached hydrogens (tertiary/aromatic N) is 5. The van der Waals surface area contributed by atoms with E-state index < -0.39 is 0 Å². The summed E-state index contributed by atoms with van der Waals surface area (Å²) in [6.45, 7) is 10.5. The molecule has 0 radical (unpaired) electrons. The first-order valence-corrected chi connectivity index (χ1v) is 8.94. The van der Waals surface area contributed by atoms with Gasteiger partial charge in [-0.25, -0.2) is 9.97 Å². The minimum Gasteiger partial charge on any atom is -0.356 e. The van der Waals surface area contributed by atoms with Crippen LogP contribution in [0.2, 0.25) is 0 Å². The molecule has 0 saturated carbocycles. The number of hydrogen-bond donors (Lipinski definition) is 2. The molecule has 1 atom stereocenters. The molecular formula is C17H31N7. The molecule has 1 saturated heterocycles. The highest BCUT2D eigenvalue weighted by Gasteiger charge is 2.18. The molecular weight excluding hydrogens is 302 g/mol. The topological polar surface area (TPSA) is 68.7 Å². The van der Waals surface area contributed by atoms with Crippen LogP contribution in [0.3, 0.4) is 0 Å². The van der Waals surface area contributed by atoms with E-state index in [2.05, 4.69) is 49.2 Å². The molecule has 1 aliphatic rings. The smallest absolute Gasteiger partial charge is 0.225 e. The number of guanidine groups is 1. The van der Waals surface area contributed by atoms with E-state index in [-0.39, 0.29) is 0 Å². The van der Waals surface area contributed by atoms with E-state index in [1.54, 1.807) is 12.4 Å². The van der Waals surface area contributed by atoms with Crippen LogP contribution >= 0.6 is 0 Å². The molecule has 7 heteroatoms. The lowest BCUT2D eigenvalue weighted by Gasteiger charge is -2.34. The maximum atomic E-state index is 4.33. The van der Waals surface area contributed by atoms with Crippen LogP contribution in [0.5, 0.6) is 0 Å². The standard InChI is InChI=1S/C17H31N7/c1-4-15(2)22-16(18-3)19-9-6-10-23-11-13-24(14-12-23)17-20-7-5-8-21-17/h5,7-8,15H,4,6,9-14H2,1-3H3,(H2,18,19,22). The second-order valence-corrected chi connectivity index (χ2v) is 6.18. The summed E-state index contributed by atoms with van der Waals surface area (Å²) in [6, 6.07) is 2.31. The highest BCUT2D eigenvalue weighted by atomic mass is 15.3. The van der Waals surface area contributed by atoms with E-state index in [1.165, 1.54) is 0 Å². The summed E-state index contributed by atoms with van der Waals surface area (Å²) in [6.07, 6.45) is 5.82. The zero-order valence-electron chi connectivity index (χ0n) is 15.2. The summed E-state index contributed by atoms with van der Waals surface area (Å²) in [7, 11) is 1.82. The second-order valence-electron chi connectivity index (χ2n) is 6.18. The van der Waals surface area contributed by atoms with Crippen molar-refractivity contribution in [3.05, 3.63) is 18.5 Å². The molecule has 0 aliphatic carbocycles. The molecule has 0 aromatic carbocycles. The SMILES string of the molecule is CCC(C)NC(=NC)NCCCN1CCN(c2ncccn2)CC1. The number of aromatic nitrogens is 2. The van der Waals surface area contributed by atoms with Crippen molar-refractivity contribution in [1.29, 1.82) is 0 Å². The van der Waals surface area contributed by atoms with Crippen molar-refractivity contribution in [2.75, 3.05) is 51.2 Å². The number of aliphatic imine (C=N–C) groups is 1. The predicted molar refractivity (Wildman–Crippen MR) is 99.6 cm³/mol. The lowest BCUT2D eigenvalue weighted by molar-refractivity contribution is 0.254. The molecule has 0 bridgehead atoms. The molecule has 0 amide bonds. The Morgan fingerprint density at radius 3 is 2.58 bits per heavy atom. The van der Waals surface area contributed by atoms with Crippen LogP contribution < -0.4 is 15.5 Å². The summed E-state index contributed by atoms with van der Waals surface area (Å²) < 4.78 is 0. The Balaban J connectivity index is 1.61. The molecule has 2 rings (SSSR count). The van der Waals surface area contributed by atoms with Crippen molar-refractivity contribution in [1.82, 2.24) is 25.5 Å². The Morgan fingerprint density at radius 1 is 1.25 bits per heavy atom. The summed E-state index contributed by atoms with van der Waals surface area (Å²) in [4.78, 5) is 17.7. The van der Waals surface area contributed by atoms with Crippen molar-refractivity contribution in [3.8, 4) is 0 Å². The van der Waals surface area contributed by atoms with Crippen LogP contribution in [-0.2, 0) is 0 Å². The third-order valence-electron chi connectivity index (χ3n) is 4.37. The average Bonchev–Trinajstić information content (AvgIpc) is 2.65. The number of nitrogens with one attached hydrogen (secondary N) is 2. The van der Waals surface area contributed by atoms with Crippen molar-refractivity contribution < 1.29 is 0 Å². The van der Waals surface area contributed by atoms with E-state index in [1.807, 2.05) is 13.1 Å². The van der Waals surface area contributed by atoms with Gasteiger partial charge >= 0.3 is 0 Å². The predicted octanol–water partition coefficient (Wildman–Crippen LogP) is 0.952. The average molecular weight is 333 g/mol. The van der Waals surface area contributed by atoms with Gasteiger partial charge in [0.2, 0.25) is 5.95 Å². The first-order chi connectivity index (χ1) is 11.7. The van der Waals surface area contributed by atoms with Crippen LogP contribution in [0.15, 0.2) is 23.5 Å². The summed E-state index contributed by atoms with van der Waals surface area (Å²) in [5, 5.41) is 6.77. The molecule has 1 unspecified atom stereocenters. The minimum absolute atomic E-state index is 0.449.